The Morgan fingerprint density at radius 3 is 2.15 bits per heavy atom. The minimum atomic E-state index is -0.379. The van der Waals surface area contributed by atoms with E-state index in [0.29, 0.717) is 22.7 Å². The summed E-state index contributed by atoms with van der Waals surface area (Å²) >= 11 is 0. The molecule has 3 aromatic carbocycles. The van der Waals surface area contributed by atoms with Crippen LogP contribution in [0.2, 0.25) is 0 Å². The van der Waals surface area contributed by atoms with Gasteiger partial charge in [0.2, 0.25) is 0 Å². The maximum atomic E-state index is 12.9. The molecule has 5 nitrogen and oxygen atoms in total. The number of nitrogens with one attached hydrogen (secondary N) is 2. The van der Waals surface area contributed by atoms with Crippen molar-refractivity contribution >= 4 is 23.0 Å². The van der Waals surface area contributed by atoms with Gasteiger partial charge in [0.05, 0.1) is 19.9 Å². The van der Waals surface area contributed by atoms with E-state index in [1.807, 2.05) is 24.3 Å². The molecule has 3 rings (SSSR count). The lowest BCUT2D eigenvalue weighted by atomic mass is 10.2. The van der Waals surface area contributed by atoms with E-state index in [1.165, 1.54) is 24.3 Å². The van der Waals surface area contributed by atoms with E-state index >= 15 is 0 Å². The summed E-state index contributed by atoms with van der Waals surface area (Å²) in [5.41, 5.74) is 2.65. The topological polar surface area (TPSA) is 59.6 Å². The Bertz CT molecular complexity index is 925. The zero-order valence-electron chi connectivity index (χ0n) is 15.0. The number of rotatable bonds is 6. The van der Waals surface area contributed by atoms with Crippen molar-refractivity contribution in [2.75, 3.05) is 24.9 Å². The van der Waals surface area contributed by atoms with E-state index in [9.17, 15) is 9.18 Å². The SMILES string of the molecule is COc1ccc(Nc2ccc(NC(=O)c3ccc(F)cc3)cc2)c(OC)c1. The molecule has 3 aromatic rings. The first kappa shape index (κ1) is 18.3. The van der Waals surface area contributed by atoms with Crippen LogP contribution >= 0.6 is 0 Å². The minimum absolute atomic E-state index is 0.299. The Kier molecular flexibility index (Phi) is 5.56. The van der Waals surface area contributed by atoms with Crippen LogP contribution in [0.15, 0.2) is 66.7 Å². The van der Waals surface area contributed by atoms with Crippen molar-refractivity contribution < 1.29 is 18.7 Å². The number of amides is 1. The van der Waals surface area contributed by atoms with Crippen LogP contribution in [0.25, 0.3) is 0 Å². The van der Waals surface area contributed by atoms with Crippen LogP contribution in [0.5, 0.6) is 11.5 Å². The van der Waals surface area contributed by atoms with Crippen molar-refractivity contribution in [3.8, 4) is 11.5 Å². The smallest absolute Gasteiger partial charge is 0.255 e. The molecule has 0 heterocycles. The van der Waals surface area contributed by atoms with Crippen LogP contribution in [-0.2, 0) is 0 Å². The standard InChI is InChI=1S/C21H19FN2O3/c1-26-18-11-12-19(20(13-18)27-2)23-16-7-9-17(10-8-16)24-21(25)14-3-5-15(22)6-4-14/h3-13,23H,1-2H3,(H,24,25). The van der Waals surface area contributed by atoms with Gasteiger partial charge in [-0.1, -0.05) is 0 Å². The van der Waals surface area contributed by atoms with E-state index in [2.05, 4.69) is 10.6 Å². The number of anilines is 3. The lowest BCUT2D eigenvalue weighted by molar-refractivity contribution is 0.102. The van der Waals surface area contributed by atoms with E-state index in [4.69, 9.17) is 9.47 Å². The lowest BCUT2D eigenvalue weighted by Gasteiger charge is -2.13. The number of methoxy groups -OCH3 is 2. The van der Waals surface area contributed by atoms with E-state index < -0.39 is 0 Å². The monoisotopic (exact) mass is 366 g/mol. The molecule has 0 spiro atoms. The summed E-state index contributed by atoms with van der Waals surface area (Å²) in [5.74, 6) is 0.683. The normalized spacial score (nSPS) is 10.2. The van der Waals surface area contributed by atoms with Crippen molar-refractivity contribution in [1.29, 1.82) is 0 Å². The van der Waals surface area contributed by atoms with Crippen LogP contribution in [0, 0.1) is 5.82 Å². The number of ether oxygens (including phenoxy) is 2. The van der Waals surface area contributed by atoms with Crippen LogP contribution < -0.4 is 20.1 Å². The van der Waals surface area contributed by atoms with Gasteiger partial charge in [-0.05, 0) is 60.7 Å². The Balaban J connectivity index is 1.68. The molecule has 0 saturated heterocycles. The molecule has 0 bridgehead atoms. The number of hydrogen-bond donors (Lipinski definition) is 2. The third kappa shape index (κ3) is 4.55. The summed E-state index contributed by atoms with van der Waals surface area (Å²) < 4.78 is 23.5. The van der Waals surface area contributed by atoms with Gasteiger partial charge in [-0.3, -0.25) is 4.79 Å². The summed E-state index contributed by atoms with van der Waals surface area (Å²) in [6.45, 7) is 0. The molecule has 2 N–H and O–H groups in total. The molecule has 27 heavy (non-hydrogen) atoms. The largest absolute Gasteiger partial charge is 0.497 e. The molecule has 6 heteroatoms. The fourth-order valence-electron chi connectivity index (χ4n) is 2.50. The van der Waals surface area contributed by atoms with Gasteiger partial charge in [0.1, 0.15) is 17.3 Å². The fourth-order valence-corrected chi connectivity index (χ4v) is 2.50. The van der Waals surface area contributed by atoms with Crippen LogP contribution in [0.3, 0.4) is 0 Å². The molecule has 0 aliphatic rings. The first-order valence-corrected chi connectivity index (χ1v) is 8.25. The average Bonchev–Trinajstić information content (AvgIpc) is 2.70. The molecule has 0 aliphatic carbocycles. The van der Waals surface area contributed by atoms with Gasteiger partial charge in [-0.2, -0.15) is 0 Å². The van der Waals surface area contributed by atoms with Gasteiger partial charge >= 0.3 is 0 Å². The lowest BCUT2D eigenvalue weighted by Crippen LogP contribution is -2.11. The molecule has 0 atom stereocenters. The highest BCUT2D eigenvalue weighted by atomic mass is 19.1. The molecule has 0 aliphatic heterocycles. The van der Waals surface area contributed by atoms with Crippen molar-refractivity contribution in [1.82, 2.24) is 0 Å². The summed E-state index contributed by atoms with van der Waals surface area (Å²) in [7, 11) is 3.19. The molecule has 138 valence electrons. The third-order valence-corrected chi connectivity index (χ3v) is 3.94. The highest BCUT2D eigenvalue weighted by Gasteiger charge is 2.08. The second kappa shape index (κ2) is 8.23. The molecule has 0 aromatic heterocycles. The molecular formula is C21H19FN2O3. The number of benzene rings is 3. The van der Waals surface area contributed by atoms with Gasteiger partial charge < -0.3 is 20.1 Å². The van der Waals surface area contributed by atoms with Crippen molar-refractivity contribution in [2.24, 2.45) is 0 Å². The first-order valence-electron chi connectivity index (χ1n) is 8.25. The van der Waals surface area contributed by atoms with Crippen LogP contribution in [-0.4, -0.2) is 20.1 Å². The predicted octanol–water partition coefficient (Wildman–Crippen LogP) is 4.84. The zero-order chi connectivity index (χ0) is 19.2. The minimum Gasteiger partial charge on any atom is -0.497 e. The third-order valence-electron chi connectivity index (χ3n) is 3.94. The van der Waals surface area contributed by atoms with E-state index in [1.54, 1.807) is 32.4 Å². The average molecular weight is 366 g/mol. The Hall–Kier alpha value is -3.54. The Morgan fingerprint density at radius 2 is 1.52 bits per heavy atom. The maximum absolute atomic E-state index is 12.9. The second-order valence-electron chi connectivity index (χ2n) is 5.73. The van der Waals surface area contributed by atoms with Crippen molar-refractivity contribution in [3.05, 3.63) is 78.1 Å². The molecule has 0 fully saturated rings. The van der Waals surface area contributed by atoms with E-state index in [0.717, 1.165) is 11.4 Å². The zero-order valence-corrected chi connectivity index (χ0v) is 15.0. The molecular weight excluding hydrogens is 347 g/mol. The van der Waals surface area contributed by atoms with E-state index in [-0.39, 0.29) is 11.7 Å². The van der Waals surface area contributed by atoms with Gasteiger partial charge in [-0.15, -0.1) is 0 Å². The highest BCUT2D eigenvalue weighted by molar-refractivity contribution is 6.04. The predicted molar refractivity (Wildman–Crippen MR) is 104 cm³/mol. The summed E-state index contributed by atoms with van der Waals surface area (Å²) in [5, 5.41) is 6.03. The highest BCUT2D eigenvalue weighted by Crippen LogP contribution is 2.31. The van der Waals surface area contributed by atoms with Gasteiger partial charge in [0.25, 0.3) is 5.91 Å². The number of hydrogen-bond acceptors (Lipinski definition) is 4. The molecule has 0 unspecified atom stereocenters. The Labute approximate surface area is 156 Å². The van der Waals surface area contributed by atoms with Gasteiger partial charge in [0, 0.05) is 23.0 Å². The molecule has 1 amide bonds. The van der Waals surface area contributed by atoms with Crippen molar-refractivity contribution in [2.45, 2.75) is 0 Å². The number of carbonyl (C=O) groups excluding carboxylic acids is 1. The van der Waals surface area contributed by atoms with Gasteiger partial charge in [0.15, 0.2) is 0 Å². The maximum Gasteiger partial charge on any atom is 0.255 e. The van der Waals surface area contributed by atoms with Crippen molar-refractivity contribution in [3.63, 3.8) is 0 Å². The van der Waals surface area contributed by atoms with Crippen LogP contribution in [0.1, 0.15) is 10.4 Å². The number of halogens is 1. The van der Waals surface area contributed by atoms with Crippen LogP contribution in [0.4, 0.5) is 21.5 Å². The molecule has 0 saturated carbocycles. The Morgan fingerprint density at radius 1 is 0.852 bits per heavy atom. The second-order valence-corrected chi connectivity index (χ2v) is 5.73. The summed E-state index contributed by atoms with van der Waals surface area (Å²) in [4.78, 5) is 12.2. The number of carbonyl (C=O) groups is 1. The summed E-state index contributed by atoms with van der Waals surface area (Å²) in [6, 6.07) is 18.1. The van der Waals surface area contributed by atoms with Gasteiger partial charge in [-0.25, -0.2) is 4.39 Å². The first-order chi connectivity index (χ1) is 13.1. The molecule has 0 radical (unpaired) electrons. The quantitative estimate of drug-likeness (QED) is 0.655. The summed E-state index contributed by atoms with van der Waals surface area (Å²) in [6.07, 6.45) is 0. The fraction of sp³-hybridized carbons (Fsp3) is 0.0952.